The number of rotatable bonds is 1. The van der Waals surface area contributed by atoms with Crippen molar-refractivity contribution in [3.05, 3.63) is 52.0 Å². The van der Waals surface area contributed by atoms with Crippen LogP contribution in [0.4, 0.5) is 0 Å². The first-order chi connectivity index (χ1) is 10.3. The standard InChI is InChI=1S/C17H15BrClN3/c1-17(2,3)15-20-14(21-16(19)22-15)12-5-4-11-9-13(18)7-6-10(11)8-12/h4-9H,1-3H3. The molecular weight excluding hydrogens is 362 g/mol. The first kappa shape index (κ1) is 15.4. The molecule has 1 aromatic heterocycles. The number of hydrogen-bond donors (Lipinski definition) is 0. The van der Waals surface area contributed by atoms with E-state index in [1.807, 2.05) is 12.1 Å². The Morgan fingerprint density at radius 2 is 1.59 bits per heavy atom. The van der Waals surface area contributed by atoms with E-state index in [-0.39, 0.29) is 10.7 Å². The molecule has 0 radical (unpaired) electrons. The van der Waals surface area contributed by atoms with Crippen molar-refractivity contribution in [3.63, 3.8) is 0 Å². The van der Waals surface area contributed by atoms with Crippen LogP contribution in [0.1, 0.15) is 26.6 Å². The lowest BCUT2D eigenvalue weighted by Crippen LogP contribution is -2.17. The lowest BCUT2D eigenvalue weighted by Gasteiger charge is -2.17. The van der Waals surface area contributed by atoms with Crippen LogP contribution in [-0.4, -0.2) is 15.0 Å². The van der Waals surface area contributed by atoms with Gasteiger partial charge in [-0.05, 0) is 40.6 Å². The van der Waals surface area contributed by atoms with Gasteiger partial charge in [-0.15, -0.1) is 0 Å². The molecule has 2 aromatic carbocycles. The highest BCUT2D eigenvalue weighted by molar-refractivity contribution is 9.10. The minimum absolute atomic E-state index is 0.178. The first-order valence-electron chi connectivity index (χ1n) is 6.95. The zero-order valence-electron chi connectivity index (χ0n) is 12.6. The number of nitrogens with zero attached hydrogens (tertiary/aromatic N) is 3. The Morgan fingerprint density at radius 3 is 2.32 bits per heavy atom. The molecule has 0 aliphatic heterocycles. The van der Waals surface area contributed by atoms with Crippen LogP contribution in [0.15, 0.2) is 40.9 Å². The van der Waals surface area contributed by atoms with Gasteiger partial charge in [0.1, 0.15) is 5.82 Å². The van der Waals surface area contributed by atoms with E-state index in [4.69, 9.17) is 11.6 Å². The predicted molar refractivity (Wildman–Crippen MR) is 94.2 cm³/mol. The SMILES string of the molecule is CC(C)(C)c1nc(Cl)nc(-c2ccc3cc(Br)ccc3c2)n1. The fourth-order valence-electron chi connectivity index (χ4n) is 2.17. The van der Waals surface area contributed by atoms with E-state index in [2.05, 4.69) is 75.9 Å². The maximum atomic E-state index is 6.08. The molecule has 0 bridgehead atoms. The fourth-order valence-corrected chi connectivity index (χ4v) is 2.71. The molecule has 3 nitrogen and oxygen atoms in total. The molecule has 0 amide bonds. The lowest BCUT2D eigenvalue weighted by molar-refractivity contribution is 0.542. The van der Waals surface area contributed by atoms with E-state index >= 15 is 0 Å². The quantitative estimate of drug-likeness (QED) is 0.570. The molecule has 0 saturated heterocycles. The van der Waals surface area contributed by atoms with Crippen molar-refractivity contribution >= 4 is 38.3 Å². The molecular formula is C17H15BrClN3. The molecule has 0 N–H and O–H groups in total. The lowest BCUT2D eigenvalue weighted by atomic mass is 9.96. The Balaban J connectivity index is 2.15. The Kier molecular flexibility index (Phi) is 3.91. The Morgan fingerprint density at radius 1 is 0.909 bits per heavy atom. The van der Waals surface area contributed by atoms with Gasteiger partial charge in [0.25, 0.3) is 0 Å². The first-order valence-corrected chi connectivity index (χ1v) is 8.12. The van der Waals surface area contributed by atoms with Crippen molar-refractivity contribution in [3.8, 4) is 11.4 Å². The van der Waals surface area contributed by atoms with Gasteiger partial charge in [0.15, 0.2) is 5.82 Å². The second-order valence-corrected chi connectivity index (χ2v) is 7.46. The smallest absolute Gasteiger partial charge is 0.212 e. The third kappa shape index (κ3) is 3.13. The summed E-state index contributed by atoms with van der Waals surface area (Å²) in [5.41, 5.74) is 0.757. The van der Waals surface area contributed by atoms with Gasteiger partial charge in [0.05, 0.1) is 0 Å². The van der Waals surface area contributed by atoms with Gasteiger partial charge in [-0.2, -0.15) is 4.98 Å². The van der Waals surface area contributed by atoms with E-state index in [1.165, 1.54) is 0 Å². The van der Waals surface area contributed by atoms with Crippen molar-refractivity contribution in [2.75, 3.05) is 0 Å². The van der Waals surface area contributed by atoms with Gasteiger partial charge < -0.3 is 0 Å². The van der Waals surface area contributed by atoms with Crippen LogP contribution in [0.2, 0.25) is 5.28 Å². The number of benzene rings is 2. The number of hydrogen-bond acceptors (Lipinski definition) is 3. The Labute approximate surface area is 142 Å². The van der Waals surface area contributed by atoms with Gasteiger partial charge in [0.2, 0.25) is 5.28 Å². The average Bonchev–Trinajstić information content (AvgIpc) is 2.45. The summed E-state index contributed by atoms with van der Waals surface area (Å²) >= 11 is 9.56. The van der Waals surface area contributed by atoms with Gasteiger partial charge in [-0.3, -0.25) is 0 Å². The van der Waals surface area contributed by atoms with Gasteiger partial charge in [-0.1, -0.05) is 54.9 Å². The Hall–Kier alpha value is -1.52. The second kappa shape index (κ2) is 5.60. The molecule has 3 rings (SSSR count). The largest absolute Gasteiger partial charge is 0.226 e. The van der Waals surface area contributed by atoms with E-state index in [9.17, 15) is 0 Å². The number of aromatic nitrogens is 3. The minimum atomic E-state index is -0.178. The molecule has 0 aliphatic rings. The summed E-state index contributed by atoms with van der Waals surface area (Å²) in [7, 11) is 0. The summed E-state index contributed by atoms with van der Waals surface area (Å²) in [5.74, 6) is 1.30. The molecule has 0 unspecified atom stereocenters. The van der Waals surface area contributed by atoms with Crippen LogP contribution in [0.25, 0.3) is 22.2 Å². The third-order valence-electron chi connectivity index (χ3n) is 3.34. The molecule has 1 heterocycles. The summed E-state index contributed by atoms with van der Waals surface area (Å²) in [4.78, 5) is 13.1. The third-order valence-corrected chi connectivity index (χ3v) is 4.00. The summed E-state index contributed by atoms with van der Waals surface area (Å²) < 4.78 is 1.06. The second-order valence-electron chi connectivity index (χ2n) is 6.21. The molecule has 0 fully saturated rings. The van der Waals surface area contributed by atoms with Crippen LogP contribution in [-0.2, 0) is 5.41 Å². The summed E-state index contributed by atoms with van der Waals surface area (Å²) in [6.45, 7) is 6.17. The van der Waals surface area contributed by atoms with Crippen LogP contribution in [0.3, 0.4) is 0 Å². The average molecular weight is 377 g/mol. The summed E-state index contributed by atoms with van der Waals surface area (Å²) in [6, 6.07) is 12.3. The van der Waals surface area contributed by atoms with Crippen LogP contribution in [0.5, 0.6) is 0 Å². The molecule has 112 valence electrons. The monoisotopic (exact) mass is 375 g/mol. The molecule has 0 aliphatic carbocycles. The van der Waals surface area contributed by atoms with E-state index in [0.29, 0.717) is 11.6 Å². The zero-order chi connectivity index (χ0) is 15.9. The van der Waals surface area contributed by atoms with Crippen LogP contribution >= 0.6 is 27.5 Å². The van der Waals surface area contributed by atoms with E-state index < -0.39 is 0 Å². The summed E-state index contributed by atoms with van der Waals surface area (Å²) in [6.07, 6.45) is 0. The molecule has 22 heavy (non-hydrogen) atoms. The number of halogens is 2. The Bertz CT molecular complexity index is 856. The minimum Gasteiger partial charge on any atom is -0.212 e. The highest BCUT2D eigenvalue weighted by Gasteiger charge is 2.20. The van der Waals surface area contributed by atoms with Crippen molar-refractivity contribution in [2.24, 2.45) is 0 Å². The highest BCUT2D eigenvalue weighted by atomic mass is 79.9. The summed E-state index contributed by atoms with van der Waals surface area (Å²) in [5, 5.41) is 2.52. The normalized spacial score (nSPS) is 11.9. The van der Waals surface area contributed by atoms with Crippen molar-refractivity contribution in [2.45, 2.75) is 26.2 Å². The van der Waals surface area contributed by atoms with Gasteiger partial charge in [-0.25, -0.2) is 9.97 Å². The van der Waals surface area contributed by atoms with Crippen LogP contribution < -0.4 is 0 Å². The molecule has 0 spiro atoms. The van der Waals surface area contributed by atoms with Crippen molar-refractivity contribution in [1.82, 2.24) is 15.0 Å². The van der Waals surface area contributed by atoms with Crippen LogP contribution in [0, 0.1) is 0 Å². The van der Waals surface area contributed by atoms with E-state index in [0.717, 1.165) is 20.8 Å². The van der Waals surface area contributed by atoms with Gasteiger partial charge >= 0.3 is 0 Å². The number of fused-ring (bicyclic) bond motifs is 1. The molecule has 0 saturated carbocycles. The highest BCUT2D eigenvalue weighted by Crippen LogP contribution is 2.27. The van der Waals surface area contributed by atoms with Crippen molar-refractivity contribution in [1.29, 1.82) is 0 Å². The topological polar surface area (TPSA) is 38.7 Å². The van der Waals surface area contributed by atoms with E-state index in [1.54, 1.807) is 0 Å². The fraction of sp³-hybridized carbons (Fsp3) is 0.235. The molecule has 3 aromatic rings. The van der Waals surface area contributed by atoms with Gasteiger partial charge in [0, 0.05) is 15.5 Å². The maximum absolute atomic E-state index is 6.08. The molecule has 5 heteroatoms. The zero-order valence-corrected chi connectivity index (χ0v) is 14.9. The maximum Gasteiger partial charge on any atom is 0.226 e. The van der Waals surface area contributed by atoms with Crippen molar-refractivity contribution < 1.29 is 0 Å². The predicted octanol–water partition coefficient (Wildman–Crippen LogP) is 5.41. The molecule has 0 atom stereocenters.